The van der Waals surface area contributed by atoms with Gasteiger partial charge in [-0.1, -0.05) is 31.3 Å². The standard InChI is InChI=1S/C21H33N3O2.C2HF3O2/c1-16-18(17(2)26-22-16)14-24-13-11-21(24)10-7-12-23(15-21)19(25)20(3)8-5-4-6-9-20;3-2(4,5)1(6)7/h4-15H2,1-3H3;(H,6,7). The third-order valence-corrected chi connectivity index (χ3v) is 7.61. The first-order valence-electron chi connectivity index (χ1n) is 11.6. The number of likely N-dealkylation sites (tertiary alicyclic amines) is 2. The van der Waals surface area contributed by atoms with E-state index in [4.69, 9.17) is 14.4 Å². The Bertz CT molecular complexity index is 844. The molecule has 1 spiro atoms. The van der Waals surface area contributed by atoms with Crippen molar-refractivity contribution in [3.8, 4) is 0 Å². The van der Waals surface area contributed by atoms with Crippen LogP contribution in [0.1, 0.15) is 75.3 Å². The van der Waals surface area contributed by atoms with Crippen molar-refractivity contribution in [2.24, 2.45) is 5.41 Å². The highest BCUT2D eigenvalue weighted by molar-refractivity contribution is 5.82. The summed E-state index contributed by atoms with van der Waals surface area (Å²) < 4.78 is 37.1. The molecule has 4 rings (SSSR count). The molecular weight excluding hydrogens is 439 g/mol. The van der Waals surface area contributed by atoms with E-state index in [9.17, 15) is 18.0 Å². The van der Waals surface area contributed by atoms with Gasteiger partial charge in [0.1, 0.15) is 5.76 Å². The molecule has 3 heterocycles. The van der Waals surface area contributed by atoms with Gasteiger partial charge in [-0.15, -0.1) is 0 Å². The van der Waals surface area contributed by atoms with Gasteiger partial charge in [-0.25, -0.2) is 4.79 Å². The van der Waals surface area contributed by atoms with Gasteiger partial charge in [0, 0.05) is 42.7 Å². The van der Waals surface area contributed by atoms with Gasteiger partial charge in [0.05, 0.1) is 5.69 Å². The van der Waals surface area contributed by atoms with Crippen molar-refractivity contribution < 1.29 is 32.4 Å². The maximum Gasteiger partial charge on any atom is 0.490 e. The van der Waals surface area contributed by atoms with Crippen LogP contribution in [0.3, 0.4) is 0 Å². The average Bonchev–Trinajstić information content (AvgIpc) is 3.08. The first-order valence-corrected chi connectivity index (χ1v) is 11.6. The number of alkyl halides is 3. The normalized spacial score (nSPS) is 25.2. The van der Waals surface area contributed by atoms with Crippen molar-refractivity contribution in [3.05, 3.63) is 17.0 Å². The number of halogens is 3. The molecule has 1 aromatic heterocycles. The van der Waals surface area contributed by atoms with Crippen LogP contribution in [0, 0.1) is 19.3 Å². The van der Waals surface area contributed by atoms with E-state index in [1.807, 2.05) is 13.8 Å². The van der Waals surface area contributed by atoms with E-state index >= 15 is 0 Å². The molecule has 2 aliphatic heterocycles. The molecule has 1 unspecified atom stereocenters. The molecule has 7 nitrogen and oxygen atoms in total. The van der Waals surface area contributed by atoms with Crippen LogP contribution in [-0.4, -0.2) is 63.3 Å². The van der Waals surface area contributed by atoms with Crippen LogP contribution in [-0.2, 0) is 16.1 Å². The van der Waals surface area contributed by atoms with E-state index in [1.165, 1.54) is 37.7 Å². The third-order valence-electron chi connectivity index (χ3n) is 7.61. The Morgan fingerprint density at radius 2 is 1.70 bits per heavy atom. The lowest BCUT2D eigenvalue weighted by atomic mass is 9.72. The number of aliphatic carboxylic acids is 1. The van der Waals surface area contributed by atoms with Crippen molar-refractivity contribution in [2.45, 2.75) is 90.4 Å². The van der Waals surface area contributed by atoms with Crippen LogP contribution >= 0.6 is 0 Å². The van der Waals surface area contributed by atoms with Crippen molar-refractivity contribution >= 4 is 11.9 Å². The summed E-state index contributed by atoms with van der Waals surface area (Å²) in [6.07, 6.45) is 4.29. The minimum atomic E-state index is -5.08. The van der Waals surface area contributed by atoms with E-state index in [0.717, 1.165) is 56.9 Å². The quantitative estimate of drug-likeness (QED) is 0.698. The zero-order valence-corrected chi connectivity index (χ0v) is 19.6. The molecule has 1 saturated carbocycles. The highest BCUT2D eigenvalue weighted by Crippen LogP contribution is 2.43. The number of hydrogen-bond donors (Lipinski definition) is 1. The SMILES string of the molecule is Cc1noc(C)c1CN1CCC12CCCN(C(=O)C1(C)CCCCC1)C2.O=C(O)C(F)(F)F. The Hall–Kier alpha value is -2.10. The lowest BCUT2D eigenvalue weighted by molar-refractivity contribution is -0.192. The Labute approximate surface area is 192 Å². The number of amides is 1. The van der Waals surface area contributed by atoms with Crippen molar-refractivity contribution in [3.63, 3.8) is 0 Å². The Kier molecular flexibility index (Phi) is 7.45. The lowest BCUT2D eigenvalue weighted by Gasteiger charge is -2.58. The summed E-state index contributed by atoms with van der Waals surface area (Å²) in [6, 6.07) is 0. The zero-order chi connectivity index (χ0) is 24.4. The second kappa shape index (κ2) is 9.64. The first-order chi connectivity index (χ1) is 15.4. The van der Waals surface area contributed by atoms with Gasteiger partial charge < -0.3 is 14.5 Å². The van der Waals surface area contributed by atoms with Crippen molar-refractivity contribution in [1.82, 2.24) is 15.0 Å². The predicted octanol–water partition coefficient (Wildman–Crippen LogP) is 4.46. The number of aryl methyl sites for hydroxylation is 2. The maximum atomic E-state index is 13.3. The molecule has 1 aliphatic carbocycles. The molecule has 10 heteroatoms. The minimum Gasteiger partial charge on any atom is -0.475 e. The molecule has 2 saturated heterocycles. The molecule has 1 N–H and O–H groups in total. The number of rotatable bonds is 3. The average molecular weight is 474 g/mol. The second-order valence-corrected chi connectivity index (χ2v) is 9.95. The number of carboxylic acid groups (broad SMARTS) is 1. The summed E-state index contributed by atoms with van der Waals surface area (Å²) in [5.74, 6) is -1.41. The Balaban J connectivity index is 0.000000383. The van der Waals surface area contributed by atoms with Gasteiger partial charge >= 0.3 is 12.1 Å². The van der Waals surface area contributed by atoms with Crippen LogP contribution in [0.15, 0.2) is 4.52 Å². The molecule has 1 atom stereocenters. The number of nitrogens with zero attached hydrogens (tertiary/aromatic N) is 3. The van der Waals surface area contributed by atoms with E-state index in [1.54, 1.807) is 0 Å². The monoisotopic (exact) mass is 473 g/mol. The molecule has 3 fully saturated rings. The highest BCUT2D eigenvalue weighted by Gasteiger charge is 2.50. The number of carbonyl (C=O) groups is 2. The molecule has 186 valence electrons. The van der Waals surface area contributed by atoms with Gasteiger partial charge in [-0.2, -0.15) is 13.2 Å². The van der Waals surface area contributed by atoms with Gasteiger partial charge in [-0.05, 0) is 46.0 Å². The van der Waals surface area contributed by atoms with E-state index in [0.29, 0.717) is 5.91 Å². The van der Waals surface area contributed by atoms with Crippen LogP contribution in [0.4, 0.5) is 13.2 Å². The fourth-order valence-electron chi connectivity index (χ4n) is 5.43. The van der Waals surface area contributed by atoms with Crippen LogP contribution < -0.4 is 0 Å². The first kappa shape index (κ1) is 25.5. The Morgan fingerprint density at radius 3 is 2.18 bits per heavy atom. The smallest absolute Gasteiger partial charge is 0.475 e. The zero-order valence-electron chi connectivity index (χ0n) is 19.6. The van der Waals surface area contributed by atoms with Crippen molar-refractivity contribution in [2.75, 3.05) is 19.6 Å². The second-order valence-electron chi connectivity index (χ2n) is 9.95. The predicted molar refractivity (Wildman–Crippen MR) is 114 cm³/mol. The molecule has 1 amide bonds. The summed E-state index contributed by atoms with van der Waals surface area (Å²) in [6.45, 7) is 10.1. The Morgan fingerprint density at radius 1 is 1.06 bits per heavy atom. The van der Waals surface area contributed by atoms with Gasteiger partial charge in [0.15, 0.2) is 0 Å². The molecule has 3 aliphatic rings. The maximum absolute atomic E-state index is 13.3. The molecular formula is C23H34F3N3O4. The van der Waals surface area contributed by atoms with E-state index in [-0.39, 0.29) is 11.0 Å². The lowest BCUT2D eigenvalue weighted by Crippen LogP contribution is -2.67. The topological polar surface area (TPSA) is 86.9 Å². The van der Waals surface area contributed by atoms with Gasteiger partial charge in [0.25, 0.3) is 0 Å². The van der Waals surface area contributed by atoms with Crippen molar-refractivity contribution in [1.29, 1.82) is 0 Å². The summed E-state index contributed by atoms with van der Waals surface area (Å²) in [5.41, 5.74) is 2.29. The van der Waals surface area contributed by atoms with E-state index in [2.05, 4.69) is 21.9 Å². The fraction of sp³-hybridized carbons (Fsp3) is 0.783. The molecule has 0 aromatic carbocycles. The van der Waals surface area contributed by atoms with Gasteiger partial charge in [0.2, 0.25) is 5.91 Å². The molecule has 0 bridgehead atoms. The van der Waals surface area contributed by atoms with E-state index < -0.39 is 12.1 Å². The number of carbonyl (C=O) groups excluding carboxylic acids is 1. The number of aromatic nitrogens is 1. The summed E-state index contributed by atoms with van der Waals surface area (Å²) in [7, 11) is 0. The minimum absolute atomic E-state index is 0.118. The molecule has 0 radical (unpaired) electrons. The number of piperidine rings is 1. The highest BCUT2D eigenvalue weighted by atomic mass is 19.4. The third kappa shape index (κ3) is 5.53. The molecule has 33 heavy (non-hydrogen) atoms. The number of carboxylic acids is 1. The largest absolute Gasteiger partial charge is 0.490 e. The number of hydrogen-bond acceptors (Lipinski definition) is 5. The van der Waals surface area contributed by atoms with Crippen LogP contribution in [0.25, 0.3) is 0 Å². The molecule has 1 aromatic rings. The summed E-state index contributed by atoms with van der Waals surface area (Å²) in [5, 5.41) is 11.2. The van der Waals surface area contributed by atoms with Crippen LogP contribution in [0.5, 0.6) is 0 Å². The summed E-state index contributed by atoms with van der Waals surface area (Å²) >= 11 is 0. The fourth-order valence-corrected chi connectivity index (χ4v) is 5.43. The van der Waals surface area contributed by atoms with Crippen LogP contribution in [0.2, 0.25) is 0 Å². The van der Waals surface area contributed by atoms with Gasteiger partial charge in [-0.3, -0.25) is 9.69 Å². The summed E-state index contributed by atoms with van der Waals surface area (Å²) in [4.78, 5) is 27.0.